The summed E-state index contributed by atoms with van der Waals surface area (Å²) in [7, 11) is 0. The summed E-state index contributed by atoms with van der Waals surface area (Å²) in [6, 6.07) is 0. The van der Waals surface area contributed by atoms with E-state index in [9.17, 15) is 9.59 Å². The molecule has 0 saturated carbocycles. The zero-order valence-corrected chi connectivity index (χ0v) is 9.54. The maximum Gasteiger partial charge on any atom is 0.516 e. The van der Waals surface area contributed by atoms with E-state index in [-0.39, 0.29) is 6.42 Å². The van der Waals surface area contributed by atoms with Crippen LogP contribution in [0.5, 0.6) is 0 Å². The molecule has 0 rings (SSSR count). The van der Waals surface area contributed by atoms with E-state index in [0.717, 1.165) is 6.42 Å². The van der Waals surface area contributed by atoms with E-state index in [1.807, 2.05) is 0 Å². The minimum atomic E-state index is -0.944. The molecule has 0 radical (unpaired) electrons. The van der Waals surface area contributed by atoms with Crippen molar-refractivity contribution >= 4 is 12.1 Å². The van der Waals surface area contributed by atoms with Gasteiger partial charge in [0, 0.05) is 6.42 Å². The Balaban J connectivity index is 3.72. The maximum atomic E-state index is 11.1. The molecule has 0 aliphatic heterocycles. The van der Waals surface area contributed by atoms with Crippen LogP contribution in [0.4, 0.5) is 4.79 Å². The summed E-state index contributed by atoms with van der Waals surface area (Å²) in [5.74, 6) is -0.572. The molecular weight excluding hydrogens is 198 g/mol. The topological polar surface area (TPSA) is 78.6 Å². The minimum absolute atomic E-state index is 0.191. The van der Waals surface area contributed by atoms with Crippen LogP contribution in [0.15, 0.2) is 0 Å². The number of unbranched alkanes of at least 4 members (excludes halogenated alkanes) is 1. The van der Waals surface area contributed by atoms with Crippen LogP contribution in [0.1, 0.15) is 40.0 Å². The number of hydrogen-bond donors (Lipinski definition) is 1. The van der Waals surface area contributed by atoms with E-state index < -0.39 is 17.7 Å². The molecule has 0 spiro atoms. The first-order valence-corrected chi connectivity index (χ1v) is 4.99. The molecule has 2 N–H and O–H groups in total. The third kappa shape index (κ3) is 9.21. The molecule has 0 fully saturated rings. The molecular formula is C10H19NO4. The highest BCUT2D eigenvalue weighted by Gasteiger charge is 2.19. The Morgan fingerprint density at radius 1 is 1.20 bits per heavy atom. The largest absolute Gasteiger partial charge is 0.516 e. The molecule has 0 aromatic carbocycles. The molecule has 88 valence electrons. The zero-order chi connectivity index (χ0) is 11.9. The number of hydrogen-bond acceptors (Lipinski definition) is 5. The van der Waals surface area contributed by atoms with Crippen LogP contribution in [0.2, 0.25) is 0 Å². The lowest BCUT2D eigenvalue weighted by Gasteiger charge is -2.18. The van der Waals surface area contributed by atoms with Crippen molar-refractivity contribution in [2.24, 2.45) is 5.73 Å². The first-order valence-electron chi connectivity index (χ1n) is 4.99. The highest BCUT2D eigenvalue weighted by atomic mass is 16.7. The van der Waals surface area contributed by atoms with Crippen molar-refractivity contribution in [3.63, 3.8) is 0 Å². The van der Waals surface area contributed by atoms with Crippen LogP contribution in [0.25, 0.3) is 0 Å². The number of esters is 1. The van der Waals surface area contributed by atoms with Gasteiger partial charge in [-0.1, -0.05) is 0 Å². The third-order valence-corrected chi connectivity index (χ3v) is 1.42. The highest BCUT2D eigenvalue weighted by Crippen LogP contribution is 2.08. The summed E-state index contributed by atoms with van der Waals surface area (Å²) in [5.41, 5.74) is 4.61. The fourth-order valence-electron chi connectivity index (χ4n) is 0.828. The van der Waals surface area contributed by atoms with Gasteiger partial charge < -0.3 is 15.2 Å². The fraction of sp³-hybridized carbons (Fsp3) is 0.800. The quantitative estimate of drug-likeness (QED) is 0.439. The van der Waals surface area contributed by atoms with Gasteiger partial charge in [0.15, 0.2) is 0 Å². The van der Waals surface area contributed by atoms with Crippen molar-refractivity contribution in [1.29, 1.82) is 0 Å². The van der Waals surface area contributed by atoms with E-state index in [1.54, 1.807) is 20.8 Å². The first kappa shape index (κ1) is 13.9. The molecule has 0 aromatic heterocycles. The Bertz CT molecular complexity index is 220. The number of nitrogens with two attached hydrogens (primary N) is 1. The molecule has 0 aromatic rings. The monoisotopic (exact) mass is 217 g/mol. The first-order chi connectivity index (χ1) is 6.85. The van der Waals surface area contributed by atoms with Gasteiger partial charge in [0.2, 0.25) is 0 Å². The van der Waals surface area contributed by atoms with Crippen LogP contribution < -0.4 is 5.73 Å². The van der Waals surface area contributed by atoms with Crippen molar-refractivity contribution < 1.29 is 19.1 Å². The predicted octanol–water partition coefficient (Wildman–Crippen LogP) is 1.59. The molecule has 0 heterocycles. The van der Waals surface area contributed by atoms with E-state index in [2.05, 4.69) is 4.74 Å². The summed E-state index contributed by atoms with van der Waals surface area (Å²) in [6.45, 7) is 5.63. The minimum Gasteiger partial charge on any atom is -0.428 e. The van der Waals surface area contributed by atoms with Crippen molar-refractivity contribution in [2.45, 2.75) is 45.6 Å². The molecule has 5 nitrogen and oxygen atoms in total. The van der Waals surface area contributed by atoms with Crippen molar-refractivity contribution in [3.8, 4) is 0 Å². The number of ether oxygens (including phenoxy) is 2. The van der Waals surface area contributed by atoms with Crippen molar-refractivity contribution in [3.05, 3.63) is 0 Å². The van der Waals surface area contributed by atoms with Gasteiger partial charge in [-0.15, -0.1) is 0 Å². The standard InChI is InChI=1S/C10H19NO4/c1-10(2,3)15-9(13)14-8(12)6-4-5-7-11/h4-7,11H2,1-3H3. The lowest BCUT2D eigenvalue weighted by atomic mass is 10.2. The summed E-state index contributed by atoms with van der Waals surface area (Å²) in [6.07, 6.45) is 0.609. The van der Waals surface area contributed by atoms with E-state index >= 15 is 0 Å². The van der Waals surface area contributed by atoms with Gasteiger partial charge >= 0.3 is 12.1 Å². The molecule has 0 amide bonds. The normalized spacial score (nSPS) is 10.9. The Labute approximate surface area is 89.9 Å². The molecule has 15 heavy (non-hydrogen) atoms. The molecule has 0 saturated heterocycles. The van der Waals surface area contributed by atoms with Crippen LogP contribution in [0.3, 0.4) is 0 Å². The van der Waals surface area contributed by atoms with Gasteiger partial charge in [-0.3, -0.25) is 4.79 Å². The Kier molecular flexibility index (Phi) is 5.93. The van der Waals surface area contributed by atoms with Crippen LogP contribution in [-0.4, -0.2) is 24.3 Å². The van der Waals surface area contributed by atoms with Crippen LogP contribution in [-0.2, 0) is 14.3 Å². The van der Waals surface area contributed by atoms with Gasteiger partial charge in [-0.25, -0.2) is 4.79 Å². The zero-order valence-electron chi connectivity index (χ0n) is 9.54. The average Bonchev–Trinajstić information content (AvgIpc) is 2.00. The lowest BCUT2D eigenvalue weighted by Crippen LogP contribution is -2.26. The molecule has 0 aliphatic rings. The number of carbonyl (C=O) groups is 2. The predicted molar refractivity (Wildman–Crippen MR) is 55.2 cm³/mol. The SMILES string of the molecule is CC(C)(C)OC(=O)OC(=O)CCCCN. The van der Waals surface area contributed by atoms with E-state index in [0.29, 0.717) is 13.0 Å². The van der Waals surface area contributed by atoms with Gasteiger partial charge in [-0.2, -0.15) is 0 Å². The summed E-state index contributed by atoms with van der Waals surface area (Å²) in [4.78, 5) is 22.1. The Morgan fingerprint density at radius 3 is 2.27 bits per heavy atom. The molecule has 5 heteroatoms. The van der Waals surface area contributed by atoms with Crippen LogP contribution >= 0.6 is 0 Å². The van der Waals surface area contributed by atoms with Gasteiger partial charge in [-0.05, 0) is 40.2 Å². The van der Waals surface area contributed by atoms with Gasteiger partial charge in [0.05, 0.1) is 0 Å². The second-order valence-corrected chi connectivity index (χ2v) is 4.18. The van der Waals surface area contributed by atoms with E-state index in [4.69, 9.17) is 10.5 Å². The van der Waals surface area contributed by atoms with Crippen molar-refractivity contribution in [2.75, 3.05) is 6.54 Å². The second kappa shape index (κ2) is 6.40. The number of rotatable bonds is 4. The molecule has 0 aliphatic carbocycles. The summed E-state index contributed by atoms with van der Waals surface area (Å²) in [5, 5.41) is 0. The summed E-state index contributed by atoms with van der Waals surface area (Å²) < 4.78 is 9.24. The summed E-state index contributed by atoms with van der Waals surface area (Å²) >= 11 is 0. The lowest BCUT2D eigenvalue weighted by molar-refractivity contribution is -0.141. The Morgan fingerprint density at radius 2 is 1.80 bits per heavy atom. The third-order valence-electron chi connectivity index (χ3n) is 1.42. The molecule has 0 unspecified atom stereocenters. The molecule has 0 atom stereocenters. The fourth-order valence-corrected chi connectivity index (χ4v) is 0.828. The van der Waals surface area contributed by atoms with E-state index in [1.165, 1.54) is 0 Å². The van der Waals surface area contributed by atoms with Gasteiger partial charge in [0.25, 0.3) is 0 Å². The van der Waals surface area contributed by atoms with Crippen molar-refractivity contribution in [1.82, 2.24) is 0 Å². The molecule has 0 bridgehead atoms. The smallest absolute Gasteiger partial charge is 0.428 e. The second-order valence-electron chi connectivity index (χ2n) is 4.18. The highest BCUT2D eigenvalue weighted by molar-refractivity contribution is 5.81. The van der Waals surface area contributed by atoms with Gasteiger partial charge in [0.1, 0.15) is 5.60 Å². The van der Waals surface area contributed by atoms with Crippen LogP contribution in [0, 0.1) is 0 Å². The number of carbonyl (C=O) groups excluding carboxylic acids is 2. The average molecular weight is 217 g/mol. The Hall–Kier alpha value is -1.10. The maximum absolute atomic E-state index is 11.1.